The van der Waals surface area contributed by atoms with Crippen LogP contribution in [0.3, 0.4) is 0 Å². The summed E-state index contributed by atoms with van der Waals surface area (Å²) in [5, 5.41) is 3.84. The van der Waals surface area contributed by atoms with E-state index in [1.807, 2.05) is 48.9 Å². The van der Waals surface area contributed by atoms with E-state index < -0.39 is 12.0 Å². The average molecular weight is 382 g/mol. The molecule has 1 heterocycles. The van der Waals surface area contributed by atoms with Gasteiger partial charge in [0.1, 0.15) is 6.04 Å². The zero-order valence-corrected chi connectivity index (χ0v) is 16.1. The summed E-state index contributed by atoms with van der Waals surface area (Å²) < 4.78 is 4.89. The van der Waals surface area contributed by atoms with Gasteiger partial charge >= 0.3 is 5.97 Å². The largest absolute Gasteiger partial charge is 0.467 e. The van der Waals surface area contributed by atoms with Gasteiger partial charge in [0.15, 0.2) is 0 Å². The predicted molar refractivity (Wildman–Crippen MR) is 109 cm³/mol. The van der Waals surface area contributed by atoms with Crippen molar-refractivity contribution in [2.45, 2.75) is 18.2 Å². The molecule has 0 aliphatic rings. The van der Waals surface area contributed by atoms with Crippen LogP contribution in [0.25, 0.3) is 10.9 Å². The lowest BCUT2D eigenvalue weighted by Crippen LogP contribution is -2.43. The molecule has 2 N–H and O–H groups in total. The van der Waals surface area contributed by atoms with Gasteiger partial charge in [0, 0.05) is 34.8 Å². The maximum atomic E-state index is 12.6. The number of aromatic amines is 1. The van der Waals surface area contributed by atoms with Gasteiger partial charge in [-0.05, 0) is 35.6 Å². The Morgan fingerprint density at radius 1 is 1.15 bits per heavy atom. The lowest BCUT2D eigenvalue weighted by molar-refractivity contribution is -0.142. The van der Waals surface area contributed by atoms with Crippen molar-refractivity contribution in [2.24, 2.45) is 0 Å². The molecular weight excluding hydrogens is 360 g/mol. The highest BCUT2D eigenvalue weighted by atomic mass is 32.2. The SMILES string of the molecule is COC(=O)C(Cc1c[nH]c2ccccc12)NC(=O)c1ccc(CSC)cc1. The summed E-state index contributed by atoms with van der Waals surface area (Å²) in [5.41, 5.74) is 3.62. The molecule has 140 valence electrons. The third-order valence-electron chi connectivity index (χ3n) is 4.42. The molecule has 3 rings (SSSR count). The number of benzene rings is 2. The summed E-state index contributed by atoms with van der Waals surface area (Å²) in [7, 11) is 1.33. The Bertz CT molecular complexity index is 934. The van der Waals surface area contributed by atoms with Gasteiger partial charge in [0.2, 0.25) is 0 Å². The van der Waals surface area contributed by atoms with E-state index in [0.717, 1.165) is 27.8 Å². The number of hydrogen-bond acceptors (Lipinski definition) is 4. The number of para-hydroxylation sites is 1. The van der Waals surface area contributed by atoms with E-state index in [1.54, 1.807) is 23.9 Å². The van der Waals surface area contributed by atoms with Gasteiger partial charge in [0.25, 0.3) is 5.91 Å². The fourth-order valence-electron chi connectivity index (χ4n) is 3.02. The Morgan fingerprint density at radius 3 is 2.59 bits per heavy atom. The molecule has 0 aliphatic carbocycles. The second-order valence-electron chi connectivity index (χ2n) is 6.24. The molecule has 0 aliphatic heterocycles. The van der Waals surface area contributed by atoms with Crippen LogP contribution in [-0.2, 0) is 21.7 Å². The van der Waals surface area contributed by atoms with Crippen LogP contribution in [0.2, 0.25) is 0 Å². The highest BCUT2D eigenvalue weighted by Crippen LogP contribution is 2.19. The number of amides is 1. The molecule has 0 bridgehead atoms. The van der Waals surface area contributed by atoms with Gasteiger partial charge in [-0.1, -0.05) is 30.3 Å². The predicted octanol–water partition coefficient (Wildman–Crippen LogP) is 3.55. The molecule has 1 aromatic heterocycles. The van der Waals surface area contributed by atoms with Gasteiger partial charge in [-0.3, -0.25) is 4.79 Å². The molecule has 0 spiro atoms. The minimum absolute atomic E-state index is 0.291. The molecule has 3 aromatic rings. The summed E-state index contributed by atoms with van der Waals surface area (Å²) in [4.78, 5) is 28.0. The van der Waals surface area contributed by atoms with Crippen molar-refractivity contribution >= 4 is 34.5 Å². The third kappa shape index (κ3) is 4.52. The van der Waals surface area contributed by atoms with Crippen molar-refractivity contribution in [3.05, 3.63) is 71.4 Å². The number of hydrogen-bond donors (Lipinski definition) is 2. The zero-order chi connectivity index (χ0) is 19.2. The van der Waals surface area contributed by atoms with Gasteiger partial charge in [-0.25, -0.2) is 4.79 Å². The number of fused-ring (bicyclic) bond motifs is 1. The monoisotopic (exact) mass is 382 g/mol. The number of H-pyrrole nitrogens is 1. The Morgan fingerprint density at radius 2 is 1.89 bits per heavy atom. The quantitative estimate of drug-likeness (QED) is 0.613. The lowest BCUT2D eigenvalue weighted by Gasteiger charge is -2.16. The Hall–Kier alpha value is -2.73. The number of rotatable bonds is 7. The summed E-state index contributed by atoms with van der Waals surface area (Å²) >= 11 is 1.72. The maximum Gasteiger partial charge on any atom is 0.328 e. The van der Waals surface area contributed by atoms with Crippen LogP contribution < -0.4 is 5.32 Å². The van der Waals surface area contributed by atoms with Crippen LogP contribution in [0.5, 0.6) is 0 Å². The summed E-state index contributed by atoms with van der Waals surface area (Å²) in [5.74, 6) is 0.140. The number of esters is 1. The molecule has 6 heteroatoms. The second kappa shape index (κ2) is 8.77. The minimum atomic E-state index is -0.757. The second-order valence-corrected chi connectivity index (χ2v) is 7.11. The van der Waals surface area contributed by atoms with Crippen molar-refractivity contribution in [2.75, 3.05) is 13.4 Å². The van der Waals surface area contributed by atoms with Crippen LogP contribution in [0.1, 0.15) is 21.5 Å². The van der Waals surface area contributed by atoms with Gasteiger partial charge < -0.3 is 15.0 Å². The highest BCUT2D eigenvalue weighted by Gasteiger charge is 2.23. The summed E-state index contributed by atoms with van der Waals surface area (Å²) in [6, 6.07) is 14.5. The summed E-state index contributed by atoms with van der Waals surface area (Å²) in [6.07, 6.45) is 4.25. The molecule has 1 atom stereocenters. The zero-order valence-electron chi connectivity index (χ0n) is 15.3. The first kappa shape index (κ1) is 19.0. The number of aromatic nitrogens is 1. The first-order valence-electron chi connectivity index (χ1n) is 8.64. The highest BCUT2D eigenvalue weighted by molar-refractivity contribution is 7.97. The van der Waals surface area contributed by atoms with E-state index >= 15 is 0 Å². The molecule has 5 nitrogen and oxygen atoms in total. The van der Waals surface area contributed by atoms with Gasteiger partial charge in [-0.2, -0.15) is 11.8 Å². The smallest absolute Gasteiger partial charge is 0.328 e. The van der Waals surface area contributed by atoms with Crippen molar-refractivity contribution in [1.29, 1.82) is 0 Å². The topological polar surface area (TPSA) is 71.2 Å². The van der Waals surface area contributed by atoms with Crippen molar-refractivity contribution in [1.82, 2.24) is 10.3 Å². The standard InChI is InChI=1S/C21H22N2O3S/c1-26-21(25)19(11-16-12-22-18-6-4-3-5-17(16)18)23-20(24)15-9-7-14(8-10-15)13-27-2/h3-10,12,19,22H,11,13H2,1-2H3,(H,23,24). The van der Waals surface area contributed by atoms with Crippen LogP contribution in [0.4, 0.5) is 0 Å². The Balaban J connectivity index is 1.76. The number of ether oxygens (including phenoxy) is 1. The fourth-order valence-corrected chi connectivity index (χ4v) is 3.54. The van der Waals surface area contributed by atoms with Crippen LogP contribution in [0.15, 0.2) is 54.7 Å². The van der Waals surface area contributed by atoms with Crippen LogP contribution in [-0.4, -0.2) is 36.3 Å². The average Bonchev–Trinajstić information content (AvgIpc) is 3.10. The molecule has 27 heavy (non-hydrogen) atoms. The van der Waals surface area contributed by atoms with Crippen molar-refractivity contribution in [3.63, 3.8) is 0 Å². The fraction of sp³-hybridized carbons (Fsp3) is 0.238. The van der Waals surface area contributed by atoms with Crippen molar-refractivity contribution < 1.29 is 14.3 Å². The van der Waals surface area contributed by atoms with Gasteiger partial charge in [-0.15, -0.1) is 0 Å². The number of methoxy groups -OCH3 is 1. The van der Waals surface area contributed by atoms with E-state index in [2.05, 4.69) is 10.3 Å². The molecule has 1 amide bonds. The Kier molecular flexibility index (Phi) is 6.19. The molecule has 1 unspecified atom stereocenters. The summed E-state index contributed by atoms with van der Waals surface area (Å²) in [6.45, 7) is 0. The van der Waals surface area contributed by atoms with Crippen LogP contribution in [0, 0.1) is 0 Å². The van der Waals surface area contributed by atoms with E-state index in [4.69, 9.17) is 4.74 Å². The normalized spacial score (nSPS) is 11.9. The lowest BCUT2D eigenvalue weighted by atomic mass is 10.0. The number of thioether (sulfide) groups is 1. The molecule has 0 saturated heterocycles. The molecular formula is C21H22N2O3S. The maximum absolute atomic E-state index is 12.6. The first-order chi connectivity index (χ1) is 13.1. The van der Waals surface area contributed by atoms with Crippen molar-refractivity contribution in [3.8, 4) is 0 Å². The van der Waals surface area contributed by atoms with Gasteiger partial charge in [0.05, 0.1) is 7.11 Å². The minimum Gasteiger partial charge on any atom is -0.467 e. The molecule has 2 aromatic carbocycles. The Labute approximate surface area is 162 Å². The van der Waals surface area contributed by atoms with E-state index in [-0.39, 0.29) is 5.91 Å². The number of carbonyl (C=O) groups excluding carboxylic acids is 2. The van der Waals surface area contributed by atoms with E-state index in [9.17, 15) is 9.59 Å². The van der Waals surface area contributed by atoms with E-state index in [0.29, 0.717) is 12.0 Å². The first-order valence-corrected chi connectivity index (χ1v) is 10.0. The molecule has 0 radical (unpaired) electrons. The molecule has 0 saturated carbocycles. The number of nitrogens with one attached hydrogen (secondary N) is 2. The van der Waals surface area contributed by atoms with E-state index in [1.165, 1.54) is 7.11 Å². The van der Waals surface area contributed by atoms with Crippen LogP contribution >= 0.6 is 11.8 Å². The third-order valence-corrected chi connectivity index (χ3v) is 5.04. The molecule has 0 fully saturated rings. The number of carbonyl (C=O) groups is 2.